The van der Waals surface area contributed by atoms with Crippen LogP contribution in [0.4, 0.5) is 10.5 Å². The molecule has 0 spiro atoms. The molecule has 0 radical (unpaired) electrons. The fraction of sp³-hybridized carbons (Fsp3) is 0.211. The number of anilines is 1. The molecule has 6 nitrogen and oxygen atoms in total. The molecule has 1 heterocycles. The lowest BCUT2D eigenvalue weighted by Crippen LogP contribution is -2.42. The Morgan fingerprint density at radius 1 is 1.15 bits per heavy atom. The number of urea groups is 1. The Hall–Kier alpha value is -2.19. The Balaban J connectivity index is 1.77. The number of aryl methyl sites for hydroxylation is 1. The number of nitrogens with one attached hydrogen (secondary N) is 2. The first-order valence-electron chi connectivity index (χ1n) is 8.17. The summed E-state index contributed by atoms with van der Waals surface area (Å²) in [6, 6.07) is 12.1. The van der Waals surface area contributed by atoms with E-state index in [-0.39, 0.29) is 6.54 Å². The summed E-state index contributed by atoms with van der Waals surface area (Å²) < 4.78 is 1.41. The van der Waals surface area contributed by atoms with Crippen molar-refractivity contribution in [2.24, 2.45) is 0 Å². The van der Waals surface area contributed by atoms with Crippen LogP contribution in [-0.4, -0.2) is 29.3 Å². The van der Waals surface area contributed by atoms with Crippen LogP contribution in [0, 0.1) is 6.92 Å². The van der Waals surface area contributed by atoms with Gasteiger partial charge in [-0.1, -0.05) is 30.3 Å². The molecule has 2 aromatic carbocycles. The molecule has 1 aliphatic heterocycles. The maximum absolute atomic E-state index is 12.8. The van der Waals surface area contributed by atoms with Crippen LogP contribution in [0.3, 0.4) is 0 Å². The SMILES string of the molecule is Cc1cc(Br)c(NC(=O)CN2C(=O)NC(C)(c3ccccc3)C2=O)c(Br)c1. The van der Waals surface area contributed by atoms with Crippen molar-refractivity contribution in [1.29, 1.82) is 0 Å². The molecule has 0 saturated carbocycles. The summed E-state index contributed by atoms with van der Waals surface area (Å²) in [5.41, 5.74) is 1.03. The molecule has 8 heteroatoms. The monoisotopic (exact) mass is 493 g/mol. The van der Waals surface area contributed by atoms with E-state index in [1.54, 1.807) is 31.2 Å². The number of hydrogen-bond donors (Lipinski definition) is 2. The Bertz CT molecular complexity index is 910. The summed E-state index contributed by atoms with van der Waals surface area (Å²) in [4.78, 5) is 38.6. The molecule has 27 heavy (non-hydrogen) atoms. The second kappa shape index (κ2) is 7.44. The highest BCUT2D eigenvalue weighted by Crippen LogP contribution is 2.33. The molecular formula is C19H17Br2N3O3. The molecule has 0 bridgehead atoms. The third-order valence-electron chi connectivity index (χ3n) is 4.38. The molecule has 4 amide bonds. The maximum atomic E-state index is 12.8. The van der Waals surface area contributed by atoms with Gasteiger partial charge in [0.05, 0.1) is 5.69 Å². The summed E-state index contributed by atoms with van der Waals surface area (Å²) in [5.74, 6) is -0.933. The largest absolute Gasteiger partial charge is 0.325 e. The molecule has 1 unspecified atom stereocenters. The third-order valence-corrected chi connectivity index (χ3v) is 5.63. The van der Waals surface area contributed by atoms with Gasteiger partial charge in [0.15, 0.2) is 0 Å². The highest BCUT2D eigenvalue weighted by atomic mass is 79.9. The van der Waals surface area contributed by atoms with E-state index in [1.165, 1.54) is 0 Å². The van der Waals surface area contributed by atoms with Gasteiger partial charge < -0.3 is 10.6 Å². The summed E-state index contributed by atoms with van der Waals surface area (Å²) in [7, 11) is 0. The first kappa shape index (κ1) is 19.6. The van der Waals surface area contributed by atoms with Crippen LogP contribution in [0.15, 0.2) is 51.4 Å². The minimum absolute atomic E-state index is 0.375. The minimum atomic E-state index is -1.19. The van der Waals surface area contributed by atoms with E-state index in [0.717, 1.165) is 10.5 Å². The summed E-state index contributed by atoms with van der Waals surface area (Å²) in [5, 5.41) is 5.42. The molecule has 1 fully saturated rings. The lowest BCUT2D eigenvalue weighted by Gasteiger charge is -2.22. The first-order chi connectivity index (χ1) is 12.7. The van der Waals surface area contributed by atoms with E-state index in [9.17, 15) is 14.4 Å². The second-order valence-electron chi connectivity index (χ2n) is 6.46. The molecular weight excluding hydrogens is 478 g/mol. The van der Waals surface area contributed by atoms with Gasteiger partial charge in [-0.3, -0.25) is 14.5 Å². The molecule has 1 aliphatic rings. The number of nitrogens with zero attached hydrogens (tertiary/aromatic N) is 1. The quantitative estimate of drug-likeness (QED) is 0.632. The van der Waals surface area contributed by atoms with Gasteiger partial charge in [-0.05, 0) is 69.0 Å². The number of carbonyl (C=O) groups is 3. The topological polar surface area (TPSA) is 78.5 Å². The number of halogens is 2. The zero-order valence-corrected chi connectivity index (χ0v) is 17.8. The molecule has 1 atom stereocenters. The average molecular weight is 495 g/mol. The van der Waals surface area contributed by atoms with Crippen molar-refractivity contribution in [3.63, 3.8) is 0 Å². The summed E-state index contributed by atoms with van der Waals surface area (Å²) >= 11 is 6.81. The molecule has 2 aromatic rings. The Kier molecular flexibility index (Phi) is 5.39. The highest BCUT2D eigenvalue weighted by molar-refractivity contribution is 9.11. The Morgan fingerprint density at radius 2 is 1.74 bits per heavy atom. The van der Waals surface area contributed by atoms with Gasteiger partial charge in [0.2, 0.25) is 5.91 Å². The van der Waals surface area contributed by atoms with Gasteiger partial charge >= 0.3 is 6.03 Å². The smallest absolute Gasteiger partial charge is 0.323 e. The van der Waals surface area contributed by atoms with Crippen LogP contribution < -0.4 is 10.6 Å². The second-order valence-corrected chi connectivity index (χ2v) is 8.17. The van der Waals surface area contributed by atoms with Crippen molar-refractivity contribution < 1.29 is 14.4 Å². The van der Waals surface area contributed by atoms with E-state index >= 15 is 0 Å². The van der Waals surface area contributed by atoms with Crippen LogP contribution in [0.2, 0.25) is 0 Å². The summed E-state index contributed by atoms with van der Waals surface area (Å²) in [6.07, 6.45) is 0. The van der Waals surface area contributed by atoms with Crippen LogP contribution in [0.1, 0.15) is 18.1 Å². The van der Waals surface area contributed by atoms with Gasteiger partial charge in [0.1, 0.15) is 12.1 Å². The standard InChI is InChI=1S/C19H17Br2N3O3/c1-11-8-13(20)16(14(21)9-11)22-15(25)10-24-17(26)19(2,23-18(24)27)12-6-4-3-5-7-12/h3-9H,10H2,1-2H3,(H,22,25)(H,23,27). The van der Waals surface area contributed by atoms with Crippen LogP contribution in [0.25, 0.3) is 0 Å². The molecule has 2 N–H and O–H groups in total. The fourth-order valence-corrected chi connectivity index (χ4v) is 4.56. The van der Waals surface area contributed by atoms with Crippen molar-refractivity contribution in [1.82, 2.24) is 10.2 Å². The van der Waals surface area contributed by atoms with Gasteiger partial charge in [0, 0.05) is 8.95 Å². The lowest BCUT2D eigenvalue weighted by molar-refractivity contribution is -0.133. The Labute approximate surface area is 173 Å². The van der Waals surface area contributed by atoms with E-state index in [2.05, 4.69) is 42.5 Å². The number of hydrogen-bond acceptors (Lipinski definition) is 3. The van der Waals surface area contributed by atoms with Crippen molar-refractivity contribution in [3.05, 3.63) is 62.5 Å². The summed E-state index contributed by atoms with van der Waals surface area (Å²) in [6.45, 7) is 3.19. The van der Waals surface area contributed by atoms with Gasteiger partial charge in [-0.2, -0.15) is 0 Å². The van der Waals surface area contributed by atoms with Crippen molar-refractivity contribution >= 4 is 55.4 Å². The van der Waals surface area contributed by atoms with E-state index in [4.69, 9.17) is 0 Å². The predicted molar refractivity (Wildman–Crippen MR) is 109 cm³/mol. The van der Waals surface area contributed by atoms with Crippen molar-refractivity contribution in [2.75, 3.05) is 11.9 Å². The number of rotatable bonds is 4. The number of benzene rings is 2. The first-order valence-corrected chi connectivity index (χ1v) is 9.76. The lowest BCUT2D eigenvalue weighted by atomic mass is 9.92. The van der Waals surface area contributed by atoms with Crippen molar-refractivity contribution in [2.45, 2.75) is 19.4 Å². The number of amides is 4. The van der Waals surface area contributed by atoms with Gasteiger partial charge in [-0.25, -0.2) is 4.79 Å². The third kappa shape index (κ3) is 3.77. The molecule has 3 rings (SSSR count). The predicted octanol–water partition coefficient (Wildman–Crippen LogP) is 3.93. The number of imide groups is 1. The molecule has 1 saturated heterocycles. The normalized spacial score (nSPS) is 19.2. The van der Waals surface area contributed by atoms with Crippen molar-refractivity contribution in [3.8, 4) is 0 Å². The van der Waals surface area contributed by atoms with E-state index < -0.39 is 23.4 Å². The average Bonchev–Trinajstić information content (AvgIpc) is 2.83. The van der Waals surface area contributed by atoms with Crippen LogP contribution in [-0.2, 0) is 15.1 Å². The van der Waals surface area contributed by atoms with E-state index in [1.807, 2.05) is 25.1 Å². The van der Waals surface area contributed by atoms with Gasteiger partial charge in [0.25, 0.3) is 5.91 Å². The fourth-order valence-electron chi connectivity index (χ4n) is 2.95. The zero-order chi connectivity index (χ0) is 19.8. The molecule has 0 aliphatic carbocycles. The van der Waals surface area contributed by atoms with Gasteiger partial charge in [-0.15, -0.1) is 0 Å². The number of carbonyl (C=O) groups excluding carboxylic acids is 3. The highest BCUT2D eigenvalue weighted by Gasteiger charge is 2.49. The Morgan fingerprint density at radius 3 is 2.33 bits per heavy atom. The molecule has 0 aromatic heterocycles. The van der Waals surface area contributed by atoms with E-state index in [0.29, 0.717) is 20.2 Å². The minimum Gasteiger partial charge on any atom is -0.323 e. The van der Waals surface area contributed by atoms with Crippen LogP contribution >= 0.6 is 31.9 Å². The maximum Gasteiger partial charge on any atom is 0.325 e. The van der Waals surface area contributed by atoms with Crippen LogP contribution in [0.5, 0.6) is 0 Å². The molecule has 140 valence electrons. The zero-order valence-electron chi connectivity index (χ0n) is 14.7.